The fourth-order valence-corrected chi connectivity index (χ4v) is 3.10. The Morgan fingerprint density at radius 3 is 2.32 bits per heavy atom. The Balaban J connectivity index is 1.85. The minimum atomic E-state index is -0.0971. The molecule has 132 valence electrons. The SMILES string of the molecule is CC(=O)Nc1ccc(SCC(=O)N[C@@H](C)c2ccc(C)c(C)c2)cc1. The van der Waals surface area contributed by atoms with Gasteiger partial charge >= 0.3 is 0 Å². The number of carbonyl (C=O) groups excluding carboxylic acids is 2. The minimum Gasteiger partial charge on any atom is -0.349 e. The molecule has 2 aromatic carbocycles. The molecule has 0 saturated heterocycles. The van der Waals surface area contributed by atoms with Crippen LogP contribution in [0.15, 0.2) is 47.4 Å². The van der Waals surface area contributed by atoms with Crippen LogP contribution in [0.2, 0.25) is 0 Å². The molecule has 0 heterocycles. The fraction of sp³-hybridized carbons (Fsp3) is 0.300. The number of rotatable bonds is 6. The van der Waals surface area contributed by atoms with Gasteiger partial charge in [-0.3, -0.25) is 9.59 Å². The molecule has 0 radical (unpaired) electrons. The first kappa shape index (κ1) is 19.1. The largest absolute Gasteiger partial charge is 0.349 e. The zero-order valence-electron chi connectivity index (χ0n) is 15.1. The van der Waals surface area contributed by atoms with Crippen molar-refractivity contribution in [3.05, 3.63) is 59.2 Å². The summed E-state index contributed by atoms with van der Waals surface area (Å²) in [7, 11) is 0. The van der Waals surface area contributed by atoms with Gasteiger partial charge in [-0.25, -0.2) is 0 Å². The number of aryl methyl sites for hydroxylation is 2. The summed E-state index contributed by atoms with van der Waals surface area (Å²) in [6.07, 6.45) is 0. The summed E-state index contributed by atoms with van der Waals surface area (Å²) >= 11 is 1.47. The fourth-order valence-electron chi connectivity index (χ4n) is 2.39. The molecule has 2 amide bonds. The van der Waals surface area contributed by atoms with Crippen molar-refractivity contribution in [2.75, 3.05) is 11.1 Å². The molecule has 0 saturated carbocycles. The van der Waals surface area contributed by atoms with E-state index in [2.05, 4.69) is 42.7 Å². The second kappa shape index (κ2) is 8.72. The van der Waals surface area contributed by atoms with Gasteiger partial charge in [-0.15, -0.1) is 11.8 Å². The van der Waals surface area contributed by atoms with Gasteiger partial charge in [-0.05, 0) is 61.7 Å². The van der Waals surface area contributed by atoms with Crippen LogP contribution in [0, 0.1) is 13.8 Å². The molecule has 5 heteroatoms. The Hall–Kier alpha value is -2.27. The van der Waals surface area contributed by atoms with E-state index < -0.39 is 0 Å². The van der Waals surface area contributed by atoms with E-state index in [0.717, 1.165) is 16.1 Å². The Bertz CT molecular complexity index is 757. The van der Waals surface area contributed by atoms with Crippen LogP contribution in [0.4, 0.5) is 5.69 Å². The molecule has 4 nitrogen and oxygen atoms in total. The summed E-state index contributed by atoms with van der Waals surface area (Å²) in [5.41, 5.74) is 4.35. The molecule has 0 aromatic heterocycles. The first-order valence-corrected chi connectivity index (χ1v) is 9.20. The standard InChI is InChI=1S/C20H24N2O2S/c1-13-5-6-17(11-14(13)2)15(3)21-20(24)12-25-19-9-7-18(8-10-19)22-16(4)23/h5-11,15H,12H2,1-4H3,(H,21,24)(H,22,23)/t15-/m0/s1. The van der Waals surface area contributed by atoms with Crippen LogP contribution in [0.25, 0.3) is 0 Å². The predicted octanol–water partition coefficient (Wildman–Crippen LogP) is 4.23. The van der Waals surface area contributed by atoms with Gasteiger partial charge in [-0.2, -0.15) is 0 Å². The van der Waals surface area contributed by atoms with Crippen LogP contribution in [0.3, 0.4) is 0 Å². The topological polar surface area (TPSA) is 58.2 Å². The molecule has 2 N–H and O–H groups in total. The van der Waals surface area contributed by atoms with Crippen molar-refractivity contribution in [3.8, 4) is 0 Å². The Kier molecular flexibility index (Phi) is 6.65. The monoisotopic (exact) mass is 356 g/mol. The molecule has 0 aliphatic rings. The molecular weight excluding hydrogens is 332 g/mol. The van der Waals surface area contributed by atoms with E-state index in [9.17, 15) is 9.59 Å². The molecule has 0 unspecified atom stereocenters. The van der Waals surface area contributed by atoms with Crippen LogP contribution < -0.4 is 10.6 Å². The van der Waals surface area contributed by atoms with E-state index in [1.165, 1.54) is 29.8 Å². The van der Waals surface area contributed by atoms with E-state index in [4.69, 9.17) is 0 Å². The Morgan fingerprint density at radius 2 is 1.72 bits per heavy atom. The first-order valence-electron chi connectivity index (χ1n) is 8.22. The van der Waals surface area contributed by atoms with Gasteiger partial charge in [0.1, 0.15) is 0 Å². The van der Waals surface area contributed by atoms with E-state index in [1.54, 1.807) is 0 Å². The molecule has 1 atom stereocenters. The molecule has 0 bridgehead atoms. The van der Waals surface area contributed by atoms with Gasteiger partial charge < -0.3 is 10.6 Å². The first-order chi connectivity index (χ1) is 11.8. The van der Waals surface area contributed by atoms with Crippen molar-refractivity contribution in [2.45, 2.75) is 38.6 Å². The summed E-state index contributed by atoms with van der Waals surface area (Å²) < 4.78 is 0. The lowest BCUT2D eigenvalue weighted by atomic mass is 10.0. The predicted molar refractivity (Wildman–Crippen MR) is 104 cm³/mol. The van der Waals surface area contributed by atoms with Gasteiger partial charge in [-0.1, -0.05) is 18.2 Å². The number of carbonyl (C=O) groups is 2. The molecule has 2 aromatic rings. The summed E-state index contributed by atoms with van der Waals surface area (Å²) in [4.78, 5) is 24.2. The molecule has 2 rings (SSSR count). The average Bonchev–Trinajstić information content (AvgIpc) is 2.56. The van der Waals surface area contributed by atoms with E-state index in [1.807, 2.05) is 31.2 Å². The smallest absolute Gasteiger partial charge is 0.230 e. The number of benzene rings is 2. The Labute approximate surface area is 153 Å². The lowest BCUT2D eigenvalue weighted by Crippen LogP contribution is -2.28. The van der Waals surface area contributed by atoms with E-state index in [0.29, 0.717) is 5.75 Å². The van der Waals surface area contributed by atoms with Crippen molar-refractivity contribution in [1.82, 2.24) is 5.32 Å². The number of thioether (sulfide) groups is 1. The molecular formula is C20H24N2O2S. The van der Waals surface area contributed by atoms with E-state index in [-0.39, 0.29) is 17.9 Å². The number of anilines is 1. The van der Waals surface area contributed by atoms with Gasteiger partial charge in [0.2, 0.25) is 11.8 Å². The number of nitrogens with one attached hydrogen (secondary N) is 2. The second-order valence-electron chi connectivity index (χ2n) is 6.13. The molecule has 25 heavy (non-hydrogen) atoms. The van der Waals surface area contributed by atoms with Crippen molar-refractivity contribution in [1.29, 1.82) is 0 Å². The van der Waals surface area contributed by atoms with Crippen LogP contribution in [-0.4, -0.2) is 17.6 Å². The maximum absolute atomic E-state index is 12.2. The summed E-state index contributed by atoms with van der Waals surface area (Å²) in [6, 6.07) is 13.7. The molecule has 0 spiro atoms. The summed E-state index contributed by atoms with van der Waals surface area (Å²) in [5.74, 6) is 0.260. The molecule has 0 aliphatic heterocycles. The highest BCUT2D eigenvalue weighted by Gasteiger charge is 2.10. The highest BCUT2D eigenvalue weighted by molar-refractivity contribution is 8.00. The second-order valence-corrected chi connectivity index (χ2v) is 7.18. The van der Waals surface area contributed by atoms with Gasteiger partial charge in [0.05, 0.1) is 11.8 Å². The molecule has 0 aliphatic carbocycles. The highest BCUT2D eigenvalue weighted by atomic mass is 32.2. The van der Waals surface area contributed by atoms with Gasteiger partial charge in [0.15, 0.2) is 0 Å². The van der Waals surface area contributed by atoms with Gasteiger partial charge in [0.25, 0.3) is 0 Å². The van der Waals surface area contributed by atoms with Crippen LogP contribution in [-0.2, 0) is 9.59 Å². The third-order valence-corrected chi connectivity index (χ3v) is 4.97. The van der Waals surface area contributed by atoms with E-state index >= 15 is 0 Å². The summed E-state index contributed by atoms with van der Waals surface area (Å²) in [5, 5.41) is 5.76. The zero-order valence-corrected chi connectivity index (χ0v) is 15.9. The average molecular weight is 356 g/mol. The van der Waals surface area contributed by atoms with Gasteiger partial charge in [0, 0.05) is 17.5 Å². The maximum atomic E-state index is 12.2. The van der Waals surface area contributed by atoms with Crippen molar-refractivity contribution < 1.29 is 9.59 Å². The lowest BCUT2D eigenvalue weighted by molar-refractivity contribution is -0.119. The number of hydrogen-bond donors (Lipinski definition) is 2. The Morgan fingerprint density at radius 1 is 1.04 bits per heavy atom. The normalized spacial score (nSPS) is 11.7. The van der Waals surface area contributed by atoms with Crippen LogP contribution in [0.1, 0.15) is 36.6 Å². The molecule has 0 fully saturated rings. The third-order valence-electron chi connectivity index (χ3n) is 3.95. The van der Waals surface area contributed by atoms with Crippen molar-refractivity contribution in [3.63, 3.8) is 0 Å². The quantitative estimate of drug-likeness (QED) is 0.762. The maximum Gasteiger partial charge on any atom is 0.230 e. The van der Waals surface area contributed by atoms with Crippen LogP contribution >= 0.6 is 11.8 Å². The highest BCUT2D eigenvalue weighted by Crippen LogP contribution is 2.21. The number of hydrogen-bond acceptors (Lipinski definition) is 3. The zero-order chi connectivity index (χ0) is 18.4. The third kappa shape index (κ3) is 5.94. The van der Waals surface area contributed by atoms with Crippen molar-refractivity contribution >= 4 is 29.3 Å². The van der Waals surface area contributed by atoms with Crippen molar-refractivity contribution in [2.24, 2.45) is 0 Å². The number of amides is 2. The lowest BCUT2D eigenvalue weighted by Gasteiger charge is -2.15. The minimum absolute atomic E-state index is 0.00154. The van der Waals surface area contributed by atoms with Crippen LogP contribution in [0.5, 0.6) is 0 Å². The summed E-state index contributed by atoms with van der Waals surface area (Å²) in [6.45, 7) is 7.63.